The van der Waals surface area contributed by atoms with Gasteiger partial charge in [0.05, 0.1) is 16.9 Å². The zero-order valence-corrected chi connectivity index (χ0v) is 25.8. The third-order valence-electron chi connectivity index (χ3n) is 5.29. The number of nitrogens with one attached hydrogen (secondary N) is 3. The van der Waals surface area contributed by atoms with Crippen LogP contribution in [-0.4, -0.2) is 65.9 Å². The van der Waals surface area contributed by atoms with Crippen molar-refractivity contribution in [2.45, 2.75) is 90.1 Å². The lowest BCUT2D eigenvalue weighted by molar-refractivity contribution is -0.127. The number of aliphatic imine (C=N–C) groups is 2. The van der Waals surface area contributed by atoms with Crippen LogP contribution in [0.1, 0.15) is 79.1 Å². The maximum atomic E-state index is 12.3. The molecule has 11 nitrogen and oxygen atoms in total. The first-order chi connectivity index (χ1) is 15.4. The molecule has 0 aromatic carbocycles. The van der Waals surface area contributed by atoms with Crippen LogP contribution in [0, 0.1) is 0 Å². The van der Waals surface area contributed by atoms with E-state index in [0.717, 1.165) is 38.5 Å². The first kappa shape index (κ1) is 45.8. The van der Waals surface area contributed by atoms with Crippen LogP contribution in [0.5, 0.6) is 0 Å². The molecule has 10 N–H and O–H groups in total. The first-order valence-electron chi connectivity index (χ1n) is 11.7. The zero-order valence-electron chi connectivity index (χ0n) is 22.5. The van der Waals surface area contributed by atoms with Gasteiger partial charge in [-0.05, 0) is 79.1 Å². The van der Waals surface area contributed by atoms with E-state index in [4.69, 9.17) is 22.4 Å². The van der Waals surface area contributed by atoms with Crippen molar-refractivity contribution in [3.8, 4) is 0 Å². The smallest absolute Gasteiger partial charge is 0.239 e. The van der Waals surface area contributed by atoms with Gasteiger partial charge in [0.25, 0.3) is 0 Å². The fourth-order valence-corrected chi connectivity index (χ4v) is 3.03. The van der Waals surface area contributed by atoms with Crippen molar-refractivity contribution in [3.05, 3.63) is 0 Å². The molecule has 0 fully saturated rings. The minimum absolute atomic E-state index is 0. The average molecular weight is 617 g/mol. The van der Waals surface area contributed by atoms with Gasteiger partial charge in [0.1, 0.15) is 5.84 Å². The highest BCUT2D eigenvalue weighted by Gasteiger charge is 2.28. The van der Waals surface area contributed by atoms with E-state index in [2.05, 4.69) is 20.6 Å². The number of rotatable bonds is 17. The van der Waals surface area contributed by atoms with Crippen LogP contribution in [0.2, 0.25) is 0 Å². The topological polar surface area (TPSA) is 193 Å². The number of amides is 2. The van der Waals surface area contributed by atoms with Crippen molar-refractivity contribution in [2.75, 3.05) is 26.2 Å². The van der Waals surface area contributed by atoms with Crippen molar-refractivity contribution in [1.29, 1.82) is 0 Å². The summed E-state index contributed by atoms with van der Waals surface area (Å²) in [5.74, 6) is 0.656. The second kappa shape index (κ2) is 25.2. The maximum absolute atomic E-state index is 12.3. The normalized spacial score (nSPS) is 14.2. The predicted octanol–water partition coefficient (Wildman–Crippen LogP) is 2.24. The van der Waals surface area contributed by atoms with E-state index in [1.54, 1.807) is 27.7 Å². The van der Waals surface area contributed by atoms with Gasteiger partial charge in [0.15, 0.2) is 0 Å². The van der Waals surface area contributed by atoms with E-state index >= 15 is 0 Å². The van der Waals surface area contributed by atoms with E-state index in [0.29, 0.717) is 50.7 Å². The minimum Gasteiger partial charge on any atom is -0.388 e. The molecule has 0 aliphatic heterocycles. The Morgan fingerprint density at radius 1 is 0.730 bits per heavy atom. The van der Waals surface area contributed by atoms with Crippen LogP contribution in [0.4, 0.5) is 0 Å². The highest BCUT2D eigenvalue weighted by molar-refractivity contribution is 5.86. The lowest BCUT2D eigenvalue weighted by Gasteiger charge is -2.24. The van der Waals surface area contributed by atoms with Crippen LogP contribution in [0.3, 0.4) is 0 Å². The van der Waals surface area contributed by atoms with Crippen LogP contribution < -0.4 is 33.3 Å². The quantitative estimate of drug-likeness (QED) is 0.0564. The van der Waals surface area contributed by atoms with E-state index < -0.39 is 11.1 Å². The molecule has 0 rings (SSSR count). The van der Waals surface area contributed by atoms with Crippen molar-refractivity contribution < 1.29 is 14.8 Å². The number of hydroxylamine groups is 1. The highest BCUT2D eigenvalue weighted by atomic mass is 35.5. The van der Waals surface area contributed by atoms with E-state index in [1.165, 1.54) is 0 Å². The van der Waals surface area contributed by atoms with Crippen LogP contribution in [0.15, 0.2) is 9.98 Å². The average Bonchev–Trinajstić information content (AvgIpc) is 2.74. The van der Waals surface area contributed by atoms with Crippen molar-refractivity contribution in [2.24, 2.45) is 27.2 Å². The summed E-state index contributed by atoms with van der Waals surface area (Å²) in [6, 6.07) is 0. The van der Waals surface area contributed by atoms with Gasteiger partial charge in [-0.25, -0.2) is 0 Å². The largest absolute Gasteiger partial charge is 0.388 e. The standard InChI is InChI=1S/C22H46N8O3.4ClH/c1-17(23)26-13-7-5-11-21(3,24)19(31)28-15-9-10-16-29-20(32)22(4,25)12-6-8-14-27-18(2)30-33;;;;/h33H,5-16,24-25H2,1-4H3,(H2,23,26)(H,27,30)(H,28,31)(H,29,32);4*1H. The third-order valence-corrected chi connectivity index (χ3v) is 5.29. The molecule has 0 aromatic heterocycles. The molecule has 37 heavy (non-hydrogen) atoms. The first-order valence-corrected chi connectivity index (χ1v) is 11.7. The van der Waals surface area contributed by atoms with Crippen LogP contribution in [0.25, 0.3) is 0 Å². The predicted molar refractivity (Wildman–Crippen MR) is 162 cm³/mol. The molecule has 15 heteroatoms. The number of hydrogen-bond acceptors (Lipinski definition) is 7. The van der Waals surface area contributed by atoms with Gasteiger partial charge in [0.2, 0.25) is 11.8 Å². The second-order valence-electron chi connectivity index (χ2n) is 9.07. The monoisotopic (exact) mass is 614 g/mol. The van der Waals surface area contributed by atoms with Gasteiger partial charge in [0, 0.05) is 26.2 Å². The van der Waals surface area contributed by atoms with Gasteiger partial charge < -0.3 is 27.8 Å². The fraction of sp³-hybridized carbons (Fsp3) is 0.818. The van der Waals surface area contributed by atoms with Crippen molar-refractivity contribution in [1.82, 2.24) is 16.1 Å². The highest BCUT2D eigenvalue weighted by Crippen LogP contribution is 2.12. The lowest BCUT2D eigenvalue weighted by atomic mass is 9.95. The molecule has 0 aromatic rings. The molecule has 0 radical (unpaired) electrons. The summed E-state index contributed by atoms with van der Waals surface area (Å²) in [4.78, 5) is 32.9. The molecule has 2 amide bonds. The molecule has 224 valence electrons. The van der Waals surface area contributed by atoms with Crippen molar-refractivity contribution >= 4 is 73.1 Å². The maximum Gasteiger partial charge on any atom is 0.239 e. The number of carbonyl (C=O) groups is 2. The number of carbonyl (C=O) groups excluding carboxylic acids is 2. The Morgan fingerprint density at radius 2 is 1.11 bits per heavy atom. The molecular weight excluding hydrogens is 566 g/mol. The molecule has 0 heterocycles. The molecule has 0 spiro atoms. The van der Waals surface area contributed by atoms with Gasteiger partial charge in [-0.3, -0.25) is 30.3 Å². The number of halogens is 4. The Kier molecular flexibility index (Phi) is 31.2. The van der Waals surface area contributed by atoms with E-state index in [-0.39, 0.29) is 61.4 Å². The summed E-state index contributed by atoms with van der Waals surface area (Å²) in [5.41, 5.74) is 17.9. The molecule has 0 aliphatic rings. The Labute approximate surface area is 247 Å². The summed E-state index contributed by atoms with van der Waals surface area (Å²) < 4.78 is 0. The Balaban J connectivity index is -0.000000853. The van der Waals surface area contributed by atoms with Crippen LogP contribution >= 0.6 is 49.6 Å². The second-order valence-corrected chi connectivity index (χ2v) is 9.07. The third kappa shape index (κ3) is 23.7. The summed E-state index contributed by atoms with van der Waals surface area (Å²) >= 11 is 0. The number of nitrogens with zero attached hydrogens (tertiary/aromatic N) is 2. The Hall–Kier alpha value is -1.08. The lowest BCUT2D eigenvalue weighted by Crippen LogP contribution is -2.52. The Bertz CT molecular complexity index is 662. The van der Waals surface area contributed by atoms with Gasteiger partial charge in [-0.2, -0.15) is 0 Å². The fourth-order valence-electron chi connectivity index (χ4n) is 3.03. The van der Waals surface area contributed by atoms with Gasteiger partial charge >= 0.3 is 0 Å². The van der Waals surface area contributed by atoms with Crippen molar-refractivity contribution in [3.63, 3.8) is 0 Å². The van der Waals surface area contributed by atoms with Gasteiger partial charge in [-0.1, -0.05) is 0 Å². The summed E-state index contributed by atoms with van der Waals surface area (Å²) in [5, 5.41) is 14.4. The molecule has 0 saturated heterocycles. The number of unbranched alkanes of at least 4 members (excludes halogenated alkanes) is 3. The molecule has 0 saturated carbocycles. The number of nitrogens with two attached hydrogens (primary N) is 3. The van der Waals surface area contributed by atoms with Crippen LogP contribution in [-0.2, 0) is 9.59 Å². The number of hydrogen-bond donors (Lipinski definition) is 7. The SMILES string of the molecule is CC(N)=NCCCCC(C)(N)C(=O)NCCCCNC(=O)C(C)(N)CCCCN=C(C)NO.Cl.Cl.Cl.Cl. The minimum atomic E-state index is -0.947. The van der Waals surface area contributed by atoms with E-state index in [9.17, 15) is 9.59 Å². The summed E-state index contributed by atoms with van der Waals surface area (Å²) in [7, 11) is 0. The summed E-state index contributed by atoms with van der Waals surface area (Å²) in [6.45, 7) is 9.08. The van der Waals surface area contributed by atoms with E-state index in [1.807, 2.05) is 5.48 Å². The molecule has 0 aliphatic carbocycles. The summed E-state index contributed by atoms with van der Waals surface area (Å²) in [6.07, 6.45) is 5.74. The van der Waals surface area contributed by atoms with Gasteiger partial charge in [-0.15, -0.1) is 49.6 Å². The molecule has 2 atom stereocenters. The molecular formula is C22H50Cl4N8O3. The number of amidine groups is 2. The molecule has 2 unspecified atom stereocenters. The zero-order chi connectivity index (χ0) is 25.3. The molecule has 0 bridgehead atoms. The Morgan fingerprint density at radius 3 is 1.46 bits per heavy atom.